The third-order valence-electron chi connectivity index (χ3n) is 4.22. The average molecular weight is 440 g/mol. The van der Waals surface area contributed by atoms with Crippen molar-refractivity contribution in [2.75, 3.05) is 27.2 Å². The molecular formula is C21H27Cl2N3OS. The van der Waals surface area contributed by atoms with Gasteiger partial charge in [-0.15, -0.1) is 36.2 Å². The maximum absolute atomic E-state index is 6.11. The summed E-state index contributed by atoms with van der Waals surface area (Å²) in [7, 11) is 4.11. The van der Waals surface area contributed by atoms with Crippen LogP contribution in [0.4, 0.5) is 0 Å². The fraction of sp³-hybridized carbons (Fsp3) is 0.286. The van der Waals surface area contributed by atoms with Gasteiger partial charge in [-0.1, -0.05) is 42.5 Å². The maximum Gasteiger partial charge on any atom is 0.124 e. The number of benzene rings is 2. The Labute approximate surface area is 183 Å². The van der Waals surface area contributed by atoms with Gasteiger partial charge in [0.1, 0.15) is 12.4 Å². The summed E-state index contributed by atoms with van der Waals surface area (Å²) < 4.78 is 6.11. The first-order valence-electron chi connectivity index (χ1n) is 8.78. The van der Waals surface area contributed by atoms with Gasteiger partial charge in [0.25, 0.3) is 0 Å². The summed E-state index contributed by atoms with van der Waals surface area (Å²) >= 11 is 1.65. The van der Waals surface area contributed by atoms with Gasteiger partial charge in [-0.05, 0) is 31.3 Å². The standard InChI is InChI=1S/C21H25N3OS.2ClH/c1-22-11-12-24(2)14-19-5-3-4-6-20(19)25-15-17-7-9-18(10-8-17)21-13-23-16-26-21;;/h3-10,13,16,22H,11-12,14-15H2,1-2H3;2*1H. The molecule has 4 nitrogen and oxygen atoms in total. The van der Waals surface area contributed by atoms with Gasteiger partial charge in [0.15, 0.2) is 0 Å². The third kappa shape index (κ3) is 7.08. The van der Waals surface area contributed by atoms with Crippen molar-refractivity contribution >= 4 is 36.2 Å². The molecule has 0 spiro atoms. The number of hydrogen-bond donors (Lipinski definition) is 1. The lowest BCUT2D eigenvalue weighted by atomic mass is 10.1. The Kier molecular flexibility index (Phi) is 11.1. The maximum atomic E-state index is 6.11. The molecule has 1 aromatic heterocycles. The Morgan fingerprint density at radius 3 is 2.50 bits per heavy atom. The van der Waals surface area contributed by atoms with Crippen LogP contribution in [0, 0.1) is 0 Å². The number of thiazole rings is 1. The van der Waals surface area contributed by atoms with Gasteiger partial charge in [-0.3, -0.25) is 4.98 Å². The van der Waals surface area contributed by atoms with E-state index in [9.17, 15) is 0 Å². The lowest BCUT2D eigenvalue weighted by Gasteiger charge is -2.19. The van der Waals surface area contributed by atoms with Crippen LogP contribution in [0.3, 0.4) is 0 Å². The largest absolute Gasteiger partial charge is 0.489 e. The van der Waals surface area contributed by atoms with Crippen molar-refractivity contribution in [1.29, 1.82) is 0 Å². The van der Waals surface area contributed by atoms with Crippen LogP contribution in [0.15, 0.2) is 60.2 Å². The number of rotatable bonds is 9. The zero-order valence-corrected chi connectivity index (χ0v) is 18.6. The average Bonchev–Trinajstić information content (AvgIpc) is 3.21. The Balaban J connectivity index is 0.00000196. The predicted molar refractivity (Wildman–Crippen MR) is 123 cm³/mol. The minimum Gasteiger partial charge on any atom is -0.489 e. The first kappa shape index (κ1) is 24.4. The van der Waals surface area contributed by atoms with Crippen LogP contribution >= 0.6 is 36.2 Å². The van der Waals surface area contributed by atoms with Crippen molar-refractivity contribution in [2.24, 2.45) is 0 Å². The van der Waals surface area contributed by atoms with Crippen LogP contribution in [0.25, 0.3) is 10.4 Å². The number of nitrogens with zero attached hydrogens (tertiary/aromatic N) is 2. The molecular weight excluding hydrogens is 413 g/mol. The Hall–Kier alpha value is -1.63. The summed E-state index contributed by atoms with van der Waals surface area (Å²) in [5.74, 6) is 0.954. The molecule has 1 N–H and O–H groups in total. The van der Waals surface area contributed by atoms with Gasteiger partial charge in [0.2, 0.25) is 0 Å². The highest BCUT2D eigenvalue weighted by molar-refractivity contribution is 7.13. The van der Waals surface area contributed by atoms with Crippen molar-refractivity contribution in [2.45, 2.75) is 13.2 Å². The van der Waals surface area contributed by atoms with Crippen molar-refractivity contribution in [3.63, 3.8) is 0 Å². The van der Waals surface area contributed by atoms with Crippen LogP contribution in [-0.2, 0) is 13.2 Å². The zero-order valence-electron chi connectivity index (χ0n) is 16.1. The molecule has 0 saturated carbocycles. The minimum atomic E-state index is 0. The number of nitrogens with one attached hydrogen (secondary N) is 1. The molecule has 0 unspecified atom stereocenters. The molecule has 1 heterocycles. The SMILES string of the molecule is CNCCN(C)Cc1ccccc1OCc1ccc(-c2cncs2)cc1.Cl.Cl. The molecule has 0 aliphatic rings. The first-order chi connectivity index (χ1) is 12.8. The molecule has 0 amide bonds. The summed E-state index contributed by atoms with van der Waals surface area (Å²) in [6.07, 6.45) is 1.90. The molecule has 28 heavy (non-hydrogen) atoms. The molecule has 0 aliphatic carbocycles. The van der Waals surface area contributed by atoms with Crippen molar-refractivity contribution in [3.05, 3.63) is 71.4 Å². The molecule has 0 atom stereocenters. The minimum absolute atomic E-state index is 0. The Bertz CT molecular complexity index is 798. The van der Waals surface area contributed by atoms with Crippen molar-refractivity contribution in [3.8, 4) is 16.2 Å². The Morgan fingerprint density at radius 2 is 1.82 bits per heavy atom. The molecule has 3 rings (SSSR count). The second kappa shape index (κ2) is 12.8. The fourth-order valence-electron chi connectivity index (χ4n) is 2.73. The van der Waals surface area contributed by atoms with Gasteiger partial charge >= 0.3 is 0 Å². The number of aromatic nitrogens is 1. The zero-order chi connectivity index (χ0) is 18.2. The molecule has 7 heteroatoms. The molecule has 0 saturated heterocycles. The molecule has 152 valence electrons. The van der Waals surface area contributed by atoms with Crippen molar-refractivity contribution < 1.29 is 4.74 Å². The van der Waals surface area contributed by atoms with Crippen LogP contribution < -0.4 is 10.1 Å². The van der Waals surface area contributed by atoms with E-state index < -0.39 is 0 Å². The highest BCUT2D eigenvalue weighted by atomic mass is 35.5. The van der Waals surface area contributed by atoms with E-state index in [2.05, 4.69) is 58.6 Å². The van der Waals surface area contributed by atoms with E-state index in [0.29, 0.717) is 6.61 Å². The smallest absolute Gasteiger partial charge is 0.124 e. The normalized spacial score (nSPS) is 10.2. The van der Waals surface area contributed by atoms with E-state index in [-0.39, 0.29) is 24.8 Å². The monoisotopic (exact) mass is 439 g/mol. The number of hydrogen-bond acceptors (Lipinski definition) is 5. The third-order valence-corrected chi connectivity index (χ3v) is 5.04. The van der Waals surface area contributed by atoms with Gasteiger partial charge in [0, 0.05) is 31.4 Å². The summed E-state index contributed by atoms with van der Waals surface area (Å²) in [4.78, 5) is 7.62. The molecule has 0 bridgehead atoms. The van der Waals surface area contributed by atoms with E-state index in [1.54, 1.807) is 11.3 Å². The number of para-hydroxylation sites is 1. The summed E-state index contributed by atoms with van der Waals surface area (Å²) in [6, 6.07) is 16.8. The van der Waals surface area contributed by atoms with Gasteiger partial charge in [-0.25, -0.2) is 0 Å². The predicted octanol–water partition coefficient (Wildman–Crippen LogP) is 4.88. The van der Waals surface area contributed by atoms with Gasteiger partial charge < -0.3 is 15.0 Å². The van der Waals surface area contributed by atoms with Crippen LogP contribution in [-0.4, -0.2) is 37.1 Å². The highest BCUT2D eigenvalue weighted by Crippen LogP contribution is 2.24. The second-order valence-electron chi connectivity index (χ2n) is 6.30. The Morgan fingerprint density at radius 1 is 1.07 bits per heavy atom. The fourth-order valence-corrected chi connectivity index (χ4v) is 3.36. The first-order valence-corrected chi connectivity index (χ1v) is 9.66. The number of halogens is 2. The lowest BCUT2D eigenvalue weighted by Crippen LogP contribution is -2.27. The molecule has 0 radical (unpaired) electrons. The van der Waals surface area contributed by atoms with Crippen molar-refractivity contribution in [1.82, 2.24) is 15.2 Å². The van der Waals surface area contributed by atoms with E-state index >= 15 is 0 Å². The van der Waals surface area contributed by atoms with Gasteiger partial charge in [0.05, 0.1) is 10.4 Å². The quantitative estimate of drug-likeness (QED) is 0.515. The number of likely N-dealkylation sites (N-methyl/N-ethyl adjacent to an activating group) is 2. The van der Waals surface area contributed by atoms with E-state index in [1.807, 2.05) is 30.9 Å². The second-order valence-corrected chi connectivity index (χ2v) is 7.19. The molecule has 2 aromatic carbocycles. The number of ether oxygens (including phenoxy) is 1. The van der Waals surface area contributed by atoms with Crippen LogP contribution in [0.1, 0.15) is 11.1 Å². The van der Waals surface area contributed by atoms with Gasteiger partial charge in [-0.2, -0.15) is 0 Å². The van der Waals surface area contributed by atoms with Crippen LogP contribution in [0.2, 0.25) is 0 Å². The lowest BCUT2D eigenvalue weighted by molar-refractivity contribution is 0.285. The van der Waals surface area contributed by atoms with E-state index in [0.717, 1.165) is 30.9 Å². The molecule has 0 aliphatic heterocycles. The topological polar surface area (TPSA) is 37.4 Å². The summed E-state index contributed by atoms with van der Waals surface area (Å²) in [6.45, 7) is 3.43. The van der Waals surface area contributed by atoms with Crippen LogP contribution in [0.5, 0.6) is 5.75 Å². The summed E-state index contributed by atoms with van der Waals surface area (Å²) in [5, 5.41) is 3.18. The summed E-state index contributed by atoms with van der Waals surface area (Å²) in [5.41, 5.74) is 5.43. The van der Waals surface area contributed by atoms with E-state index in [1.165, 1.54) is 16.0 Å². The van der Waals surface area contributed by atoms with E-state index in [4.69, 9.17) is 4.74 Å². The molecule has 3 aromatic rings. The highest BCUT2D eigenvalue weighted by Gasteiger charge is 2.07. The molecule has 0 fully saturated rings.